The molecule has 0 radical (unpaired) electrons. The molecule has 0 spiro atoms. The first kappa shape index (κ1) is 12.4. The van der Waals surface area contributed by atoms with Crippen molar-refractivity contribution in [2.75, 3.05) is 7.11 Å². The maximum atomic E-state index is 12.1. The Morgan fingerprint density at radius 3 is 2.56 bits per heavy atom. The summed E-state index contributed by atoms with van der Waals surface area (Å²) in [4.78, 5) is 12.1. The fraction of sp³-hybridized carbons (Fsp3) is 0.267. The molecule has 0 aliphatic carbocycles. The molecule has 0 saturated heterocycles. The van der Waals surface area contributed by atoms with Gasteiger partial charge in [-0.2, -0.15) is 0 Å². The van der Waals surface area contributed by atoms with Crippen molar-refractivity contribution in [1.82, 2.24) is 5.32 Å². The van der Waals surface area contributed by atoms with Gasteiger partial charge in [0.2, 0.25) is 0 Å². The molecule has 1 N–H and O–H groups in total. The molecule has 18 heavy (non-hydrogen) atoms. The second-order valence-corrected chi connectivity index (χ2v) is 4.43. The lowest BCUT2D eigenvalue weighted by atomic mass is 9.84. The van der Waals surface area contributed by atoms with E-state index in [1.807, 2.05) is 24.3 Å². The van der Waals surface area contributed by atoms with Crippen LogP contribution >= 0.6 is 0 Å². The lowest BCUT2D eigenvalue weighted by molar-refractivity contribution is 0.0930. The van der Waals surface area contributed by atoms with Gasteiger partial charge >= 0.3 is 0 Å². The van der Waals surface area contributed by atoms with Crippen molar-refractivity contribution in [3.63, 3.8) is 0 Å². The molecule has 0 aromatic heterocycles. The first-order valence-electron chi connectivity index (χ1n) is 5.89. The molecule has 0 saturated carbocycles. The van der Waals surface area contributed by atoms with E-state index in [0.29, 0.717) is 24.2 Å². The summed E-state index contributed by atoms with van der Waals surface area (Å²) in [5, 5.41) is 3.05. The fourth-order valence-corrected chi connectivity index (χ4v) is 2.51. The Kier molecular flexibility index (Phi) is 3.24. The zero-order valence-corrected chi connectivity index (χ0v) is 10.5. The molecule has 1 amide bonds. The topological polar surface area (TPSA) is 38.3 Å². The second kappa shape index (κ2) is 4.69. The summed E-state index contributed by atoms with van der Waals surface area (Å²) in [5.41, 5.74) is 1.27. The quantitative estimate of drug-likeness (QED) is 0.807. The monoisotopic (exact) mass is 243 g/mol. The molecule has 1 aliphatic rings. The highest BCUT2D eigenvalue weighted by Crippen LogP contribution is 2.38. The molecule has 3 heteroatoms. The highest BCUT2D eigenvalue weighted by Gasteiger charge is 2.40. The van der Waals surface area contributed by atoms with E-state index in [2.05, 4.69) is 18.5 Å². The maximum absolute atomic E-state index is 12.1. The number of ether oxygens (including phenoxy) is 1. The van der Waals surface area contributed by atoms with Gasteiger partial charge in [0.05, 0.1) is 12.6 Å². The Morgan fingerprint density at radius 1 is 1.33 bits per heavy atom. The average molecular weight is 243 g/mol. The van der Waals surface area contributed by atoms with Crippen LogP contribution in [0.3, 0.4) is 0 Å². The van der Waals surface area contributed by atoms with E-state index >= 15 is 0 Å². The van der Waals surface area contributed by atoms with Crippen LogP contribution < -0.4 is 10.1 Å². The predicted molar refractivity (Wildman–Crippen MR) is 71.8 cm³/mol. The molecule has 0 unspecified atom stereocenters. The van der Waals surface area contributed by atoms with E-state index in [1.54, 1.807) is 13.2 Å². The summed E-state index contributed by atoms with van der Waals surface area (Å²) in [6, 6.07) is 5.59. The highest BCUT2D eigenvalue weighted by molar-refractivity contribution is 6.00. The highest BCUT2D eigenvalue weighted by atomic mass is 16.5. The molecule has 0 fully saturated rings. The van der Waals surface area contributed by atoms with Crippen molar-refractivity contribution in [3.05, 3.63) is 54.6 Å². The second-order valence-electron chi connectivity index (χ2n) is 4.43. The van der Waals surface area contributed by atoms with E-state index in [-0.39, 0.29) is 5.91 Å². The summed E-state index contributed by atoms with van der Waals surface area (Å²) < 4.78 is 5.16. The van der Waals surface area contributed by atoms with Crippen molar-refractivity contribution in [2.24, 2.45) is 0 Å². The third kappa shape index (κ3) is 1.82. The Bertz CT molecular complexity index is 495. The molecule has 1 aromatic carbocycles. The number of hydrogen-bond donors (Lipinski definition) is 1. The van der Waals surface area contributed by atoms with Crippen LogP contribution in [0.1, 0.15) is 28.8 Å². The van der Waals surface area contributed by atoms with Crippen molar-refractivity contribution in [3.8, 4) is 5.75 Å². The average Bonchev–Trinajstić information content (AvgIpc) is 2.63. The van der Waals surface area contributed by atoms with Gasteiger partial charge in [-0.05, 0) is 30.5 Å². The van der Waals surface area contributed by atoms with Gasteiger partial charge in [-0.3, -0.25) is 4.79 Å². The van der Waals surface area contributed by atoms with Crippen molar-refractivity contribution >= 4 is 5.91 Å². The number of nitrogens with one attached hydrogen (secondary N) is 1. The van der Waals surface area contributed by atoms with Crippen molar-refractivity contribution in [2.45, 2.75) is 18.4 Å². The molecule has 1 aromatic rings. The summed E-state index contributed by atoms with van der Waals surface area (Å²) in [7, 11) is 1.59. The van der Waals surface area contributed by atoms with Gasteiger partial charge < -0.3 is 10.1 Å². The standard InChI is InChI=1S/C15H17NO2/c1-4-8-15(9-5-2)13-7-6-11(18-3)10-12(13)14(17)16-15/h4-7,10H,1-2,8-9H2,3H3,(H,16,17). The maximum Gasteiger partial charge on any atom is 0.252 e. The van der Waals surface area contributed by atoms with Crippen LogP contribution in [0.5, 0.6) is 5.75 Å². The molecule has 1 aliphatic heterocycles. The molecule has 3 nitrogen and oxygen atoms in total. The van der Waals surface area contributed by atoms with Crippen LogP contribution in [0.25, 0.3) is 0 Å². The molecule has 0 bridgehead atoms. The smallest absolute Gasteiger partial charge is 0.252 e. The van der Waals surface area contributed by atoms with Gasteiger partial charge in [0.15, 0.2) is 0 Å². The van der Waals surface area contributed by atoms with Gasteiger partial charge in [0, 0.05) is 5.56 Å². The Morgan fingerprint density at radius 2 is 2.00 bits per heavy atom. The van der Waals surface area contributed by atoms with Crippen molar-refractivity contribution < 1.29 is 9.53 Å². The van der Waals surface area contributed by atoms with E-state index < -0.39 is 5.54 Å². The first-order valence-corrected chi connectivity index (χ1v) is 5.89. The minimum absolute atomic E-state index is 0.0624. The van der Waals surface area contributed by atoms with E-state index in [0.717, 1.165) is 5.56 Å². The summed E-state index contributed by atoms with van der Waals surface area (Å²) in [6.07, 6.45) is 5.01. The molecule has 0 atom stereocenters. The van der Waals surface area contributed by atoms with E-state index in [1.165, 1.54) is 0 Å². The van der Waals surface area contributed by atoms with E-state index in [9.17, 15) is 4.79 Å². The van der Waals surface area contributed by atoms with Gasteiger partial charge in [0.1, 0.15) is 5.75 Å². The van der Waals surface area contributed by atoms with Crippen LogP contribution in [0.4, 0.5) is 0 Å². The summed E-state index contributed by atoms with van der Waals surface area (Å²) in [6.45, 7) is 7.55. The Balaban J connectivity index is 2.53. The number of rotatable bonds is 5. The summed E-state index contributed by atoms with van der Waals surface area (Å²) >= 11 is 0. The Labute approximate surface area is 107 Å². The SMILES string of the molecule is C=CCC1(CC=C)NC(=O)c2cc(OC)ccc21. The van der Waals surface area contributed by atoms with Crippen LogP contribution in [0, 0.1) is 0 Å². The number of fused-ring (bicyclic) bond motifs is 1. The van der Waals surface area contributed by atoms with Crippen LogP contribution in [0.15, 0.2) is 43.5 Å². The number of hydrogen-bond acceptors (Lipinski definition) is 2. The number of carbonyl (C=O) groups excluding carboxylic acids is 1. The third-order valence-electron chi connectivity index (χ3n) is 3.33. The normalized spacial score (nSPS) is 15.7. The van der Waals surface area contributed by atoms with Gasteiger partial charge in [-0.25, -0.2) is 0 Å². The third-order valence-corrected chi connectivity index (χ3v) is 3.33. The van der Waals surface area contributed by atoms with Gasteiger partial charge in [-0.1, -0.05) is 18.2 Å². The van der Waals surface area contributed by atoms with Crippen LogP contribution in [-0.4, -0.2) is 13.0 Å². The molecule has 2 rings (SSSR count). The number of benzene rings is 1. The van der Waals surface area contributed by atoms with Crippen LogP contribution in [0.2, 0.25) is 0 Å². The zero-order valence-electron chi connectivity index (χ0n) is 10.5. The predicted octanol–water partition coefficient (Wildman–Crippen LogP) is 2.79. The summed E-state index contributed by atoms with van der Waals surface area (Å²) in [5.74, 6) is 0.629. The molecule has 94 valence electrons. The van der Waals surface area contributed by atoms with Gasteiger partial charge in [-0.15, -0.1) is 13.2 Å². The number of carbonyl (C=O) groups is 1. The fourth-order valence-electron chi connectivity index (χ4n) is 2.51. The van der Waals surface area contributed by atoms with E-state index in [4.69, 9.17) is 4.74 Å². The minimum Gasteiger partial charge on any atom is -0.497 e. The van der Waals surface area contributed by atoms with Gasteiger partial charge in [0.25, 0.3) is 5.91 Å². The molecular formula is C15H17NO2. The minimum atomic E-state index is -0.401. The number of amides is 1. The first-order chi connectivity index (χ1) is 8.66. The van der Waals surface area contributed by atoms with Crippen LogP contribution in [-0.2, 0) is 5.54 Å². The molecule has 1 heterocycles. The lowest BCUT2D eigenvalue weighted by Gasteiger charge is -2.28. The Hall–Kier alpha value is -2.03. The largest absolute Gasteiger partial charge is 0.497 e. The molecular weight excluding hydrogens is 226 g/mol. The lowest BCUT2D eigenvalue weighted by Crippen LogP contribution is -2.38. The number of methoxy groups -OCH3 is 1. The zero-order chi connectivity index (χ0) is 13.2. The van der Waals surface area contributed by atoms with Crippen molar-refractivity contribution in [1.29, 1.82) is 0 Å².